The summed E-state index contributed by atoms with van der Waals surface area (Å²) >= 11 is 0. The molecule has 0 aliphatic heterocycles. The minimum Gasteiger partial charge on any atom is -0.481 e. The Kier molecular flexibility index (Phi) is 3.50. The lowest BCUT2D eigenvalue weighted by molar-refractivity contribution is -0.150. The van der Waals surface area contributed by atoms with Crippen LogP contribution in [-0.4, -0.2) is 35.5 Å². The summed E-state index contributed by atoms with van der Waals surface area (Å²) in [5.74, 6) is -1.14. The van der Waals surface area contributed by atoms with Crippen molar-refractivity contribution in [3.05, 3.63) is 12.2 Å². The predicted molar refractivity (Wildman–Crippen MR) is 63.4 cm³/mol. The lowest BCUT2D eigenvalue weighted by atomic mass is 9.82. The maximum atomic E-state index is 12.2. The average Bonchev–Trinajstić information content (AvgIpc) is 3.11. The number of hydrogen-bond acceptors (Lipinski definition) is 2. The van der Waals surface area contributed by atoms with Crippen LogP contribution in [0, 0.1) is 17.8 Å². The van der Waals surface area contributed by atoms with E-state index < -0.39 is 11.9 Å². The zero-order valence-corrected chi connectivity index (χ0v) is 10.1. The largest absolute Gasteiger partial charge is 0.481 e. The Bertz CT molecular complexity index is 347. The summed E-state index contributed by atoms with van der Waals surface area (Å²) in [6.45, 7) is 0.783. The monoisotopic (exact) mass is 237 g/mol. The van der Waals surface area contributed by atoms with Crippen LogP contribution in [0.2, 0.25) is 0 Å². The van der Waals surface area contributed by atoms with Gasteiger partial charge in [-0.05, 0) is 31.6 Å². The Balaban J connectivity index is 1.99. The summed E-state index contributed by atoms with van der Waals surface area (Å²) in [5, 5.41) is 9.13. The van der Waals surface area contributed by atoms with Gasteiger partial charge in [0.25, 0.3) is 0 Å². The molecule has 0 bridgehead atoms. The first-order valence-corrected chi connectivity index (χ1v) is 6.22. The number of hydrogen-bond donors (Lipinski definition) is 1. The minimum atomic E-state index is -0.854. The van der Waals surface area contributed by atoms with E-state index in [1.54, 1.807) is 11.9 Å². The van der Waals surface area contributed by atoms with Gasteiger partial charge in [-0.1, -0.05) is 12.2 Å². The van der Waals surface area contributed by atoms with Gasteiger partial charge in [0, 0.05) is 13.6 Å². The van der Waals surface area contributed by atoms with E-state index >= 15 is 0 Å². The second-order valence-corrected chi connectivity index (χ2v) is 5.16. The second kappa shape index (κ2) is 4.90. The molecule has 17 heavy (non-hydrogen) atoms. The first-order chi connectivity index (χ1) is 8.09. The van der Waals surface area contributed by atoms with Crippen LogP contribution in [-0.2, 0) is 9.59 Å². The molecule has 4 nitrogen and oxygen atoms in total. The topological polar surface area (TPSA) is 57.6 Å². The number of carboxylic acids is 1. The van der Waals surface area contributed by atoms with Crippen molar-refractivity contribution in [2.45, 2.75) is 25.7 Å². The van der Waals surface area contributed by atoms with Gasteiger partial charge in [0.05, 0.1) is 11.8 Å². The zero-order valence-electron chi connectivity index (χ0n) is 10.1. The maximum absolute atomic E-state index is 12.2. The van der Waals surface area contributed by atoms with E-state index in [2.05, 4.69) is 0 Å². The van der Waals surface area contributed by atoms with Gasteiger partial charge < -0.3 is 10.0 Å². The zero-order chi connectivity index (χ0) is 12.4. The van der Waals surface area contributed by atoms with Gasteiger partial charge in [0.2, 0.25) is 5.91 Å². The third-order valence-corrected chi connectivity index (χ3v) is 3.67. The van der Waals surface area contributed by atoms with Crippen molar-refractivity contribution in [1.82, 2.24) is 4.90 Å². The van der Waals surface area contributed by atoms with Gasteiger partial charge in [-0.15, -0.1) is 0 Å². The molecule has 1 fully saturated rings. The molecule has 2 aliphatic rings. The molecule has 0 saturated heterocycles. The predicted octanol–water partition coefficient (Wildman–Crippen LogP) is 1.52. The van der Waals surface area contributed by atoms with Crippen LogP contribution in [0.1, 0.15) is 25.7 Å². The summed E-state index contributed by atoms with van der Waals surface area (Å²) in [7, 11) is 1.79. The van der Waals surface area contributed by atoms with E-state index in [0.29, 0.717) is 18.8 Å². The normalized spacial score (nSPS) is 27.8. The van der Waals surface area contributed by atoms with Gasteiger partial charge in [-0.25, -0.2) is 0 Å². The van der Waals surface area contributed by atoms with Crippen molar-refractivity contribution < 1.29 is 14.7 Å². The Morgan fingerprint density at radius 3 is 2.35 bits per heavy atom. The summed E-state index contributed by atoms with van der Waals surface area (Å²) in [4.78, 5) is 25.0. The van der Waals surface area contributed by atoms with Gasteiger partial charge in [0.1, 0.15) is 0 Å². The highest BCUT2D eigenvalue weighted by Gasteiger charge is 2.36. The smallest absolute Gasteiger partial charge is 0.307 e. The highest BCUT2D eigenvalue weighted by molar-refractivity contribution is 5.85. The third-order valence-electron chi connectivity index (χ3n) is 3.67. The quantitative estimate of drug-likeness (QED) is 0.754. The van der Waals surface area contributed by atoms with Crippen LogP contribution < -0.4 is 0 Å². The van der Waals surface area contributed by atoms with Crippen molar-refractivity contribution in [2.75, 3.05) is 13.6 Å². The van der Waals surface area contributed by atoms with Crippen LogP contribution >= 0.6 is 0 Å². The molecule has 0 aromatic rings. The van der Waals surface area contributed by atoms with E-state index in [0.717, 1.165) is 6.54 Å². The highest BCUT2D eigenvalue weighted by atomic mass is 16.4. The minimum absolute atomic E-state index is 0.00588. The molecule has 0 aromatic heterocycles. The molecule has 0 aromatic carbocycles. The SMILES string of the molecule is CN(CC1CC1)C(=O)C1CC=CCC1C(=O)O. The fourth-order valence-electron chi connectivity index (χ4n) is 2.42. The summed E-state index contributed by atoms with van der Waals surface area (Å²) in [6.07, 6.45) is 7.22. The molecule has 1 amide bonds. The van der Waals surface area contributed by atoms with Crippen LogP contribution in [0.3, 0.4) is 0 Å². The molecule has 2 aliphatic carbocycles. The van der Waals surface area contributed by atoms with E-state index in [1.807, 2.05) is 12.2 Å². The number of rotatable bonds is 4. The molecule has 2 atom stereocenters. The summed E-state index contributed by atoms with van der Waals surface area (Å²) < 4.78 is 0. The van der Waals surface area contributed by atoms with Crippen molar-refractivity contribution in [1.29, 1.82) is 0 Å². The molecule has 0 radical (unpaired) electrons. The first-order valence-electron chi connectivity index (χ1n) is 6.22. The molecule has 0 heterocycles. The summed E-state index contributed by atoms with van der Waals surface area (Å²) in [5.41, 5.74) is 0. The summed E-state index contributed by atoms with van der Waals surface area (Å²) in [6, 6.07) is 0. The van der Waals surface area contributed by atoms with Crippen molar-refractivity contribution >= 4 is 11.9 Å². The fraction of sp³-hybridized carbons (Fsp3) is 0.692. The standard InChI is InChI=1S/C13H19NO3/c1-14(8-9-6-7-9)12(15)10-4-2-3-5-11(10)13(16)17/h2-3,9-11H,4-8H2,1H3,(H,16,17). The lowest BCUT2D eigenvalue weighted by Crippen LogP contribution is -2.40. The van der Waals surface area contributed by atoms with E-state index in [4.69, 9.17) is 5.11 Å². The Morgan fingerprint density at radius 2 is 1.82 bits per heavy atom. The van der Waals surface area contributed by atoms with E-state index in [9.17, 15) is 9.59 Å². The molecule has 0 spiro atoms. The van der Waals surface area contributed by atoms with E-state index in [1.165, 1.54) is 12.8 Å². The van der Waals surface area contributed by atoms with E-state index in [-0.39, 0.29) is 11.8 Å². The molecule has 4 heteroatoms. The Labute approximate surface area is 101 Å². The highest BCUT2D eigenvalue weighted by Crippen LogP contribution is 2.32. The van der Waals surface area contributed by atoms with Gasteiger partial charge in [-0.2, -0.15) is 0 Å². The number of carbonyl (C=O) groups excluding carboxylic acids is 1. The Hall–Kier alpha value is -1.32. The number of allylic oxidation sites excluding steroid dienone is 2. The van der Waals surface area contributed by atoms with Gasteiger partial charge >= 0.3 is 5.97 Å². The van der Waals surface area contributed by atoms with Crippen LogP contribution in [0.5, 0.6) is 0 Å². The van der Waals surface area contributed by atoms with Gasteiger partial charge in [0.15, 0.2) is 0 Å². The van der Waals surface area contributed by atoms with Crippen molar-refractivity contribution in [3.8, 4) is 0 Å². The number of nitrogens with zero attached hydrogens (tertiary/aromatic N) is 1. The second-order valence-electron chi connectivity index (χ2n) is 5.16. The third kappa shape index (κ3) is 2.87. The molecule has 2 unspecified atom stereocenters. The fourth-order valence-corrected chi connectivity index (χ4v) is 2.42. The number of aliphatic carboxylic acids is 1. The molecular weight excluding hydrogens is 218 g/mol. The number of carbonyl (C=O) groups is 2. The van der Waals surface area contributed by atoms with Crippen molar-refractivity contribution in [3.63, 3.8) is 0 Å². The molecular formula is C13H19NO3. The molecule has 94 valence electrons. The van der Waals surface area contributed by atoms with Crippen LogP contribution in [0.4, 0.5) is 0 Å². The van der Waals surface area contributed by atoms with Gasteiger partial charge in [-0.3, -0.25) is 9.59 Å². The maximum Gasteiger partial charge on any atom is 0.307 e. The molecule has 2 rings (SSSR count). The Morgan fingerprint density at radius 1 is 1.24 bits per heavy atom. The van der Waals surface area contributed by atoms with Crippen LogP contribution in [0.25, 0.3) is 0 Å². The molecule has 1 N–H and O–H groups in total. The molecule has 1 saturated carbocycles. The number of amides is 1. The first kappa shape index (κ1) is 12.1. The lowest BCUT2D eigenvalue weighted by Gasteiger charge is -2.28. The van der Waals surface area contributed by atoms with Crippen molar-refractivity contribution in [2.24, 2.45) is 17.8 Å². The number of carboxylic acid groups (broad SMARTS) is 1. The average molecular weight is 237 g/mol. The van der Waals surface area contributed by atoms with Crippen LogP contribution in [0.15, 0.2) is 12.2 Å².